The van der Waals surface area contributed by atoms with E-state index in [1.165, 1.54) is 15.1 Å². The second-order valence-corrected chi connectivity index (χ2v) is 7.30. The largest absolute Gasteiger partial charge is 0.354 e. The molecule has 0 radical (unpaired) electrons. The quantitative estimate of drug-likeness (QED) is 0.751. The third-order valence-electron chi connectivity index (χ3n) is 3.22. The fourth-order valence-corrected chi connectivity index (χ4v) is 4.16. The number of thiazole rings is 2. The molecule has 1 aromatic carbocycles. The molecule has 3 aromatic rings. The number of aryl methyl sites for hydroxylation is 3. The van der Waals surface area contributed by atoms with Gasteiger partial charge < -0.3 is 5.32 Å². The Balaban J connectivity index is 1.87. The average molecular weight is 303 g/mol. The minimum atomic E-state index is 0.239. The summed E-state index contributed by atoms with van der Waals surface area (Å²) in [4.78, 5) is 10.4. The van der Waals surface area contributed by atoms with Crippen LogP contribution in [0.1, 0.15) is 34.1 Å². The molecule has 0 bridgehead atoms. The number of anilines is 1. The highest BCUT2D eigenvalue weighted by Gasteiger charge is 2.14. The van der Waals surface area contributed by atoms with Gasteiger partial charge in [0.25, 0.3) is 0 Å². The van der Waals surface area contributed by atoms with Crippen molar-refractivity contribution >= 4 is 38.0 Å². The predicted molar refractivity (Wildman–Crippen MR) is 88.0 cm³/mol. The molecule has 0 amide bonds. The summed E-state index contributed by atoms with van der Waals surface area (Å²) in [6, 6.07) is 6.64. The molecule has 3 nitrogen and oxygen atoms in total. The highest BCUT2D eigenvalue weighted by Crippen LogP contribution is 2.31. The number of aromatic nitrogens is 2. The van der Waals surface area contributed by atoms with Gasteiger partial charge in [0.1, 0.15) is 0 Å². The molecule has 1 atom stereocenters. The molecule has 0 aliphatic heterocycles. The highest BCUT2D eigenvalue weighted by atomic mass is 32.1. The van der Waals surface area contributed by atoms with Crippen molar-refractivity contribution in [1.29, 1.82) is 0 Å². The van der Waals surface area contributed by atoms with Crippen molar-refractivity contribution in [2.45, 2.75) is 33.7 Å². The zero-order valence-corrected chi connectivity index (χ0v) is 13.7. The highest BCUT2D eigenvalue weighted by molar-refractivity contribution is 7.22. The first-order valence-electron chi connectivity index (χ1n) is 6.60. The van der Waals surface area contributed by atoms with E-state index in [9.17, 15) is 0 Å². The summed E-state index contributed by atoms with van der Waals surface area (Å²) in [5.41, 5.74) is 3.43. The van der Waals surface area contributed by atoms with Crippen LogP contribution in [-0.2, 0) is 0 Å². The Bertz CT molecular complexity index is 758. The minimum absolute atomic E-state index is 0.239. The molecule has 0 aliphatic rings. The van der Waals surface area contributed by atoms with Crippen molar-refractivity contribution in [2.24, 2.45) is 0 Å². The normalized spacial score (nSPS) is 12.8. The number of nitrogens with one attached hydrogen (secondary N) is 1. The first-order chi connectivity index (χ1) is 9.52. The van der Waals surface area contributed by atoms with Gasteiger partial charge in [0.05, 0.1) is 27.0 Å². The predicted octanol–water partition coefficient (Wildman–Crippen LogP) is 4.85. The summed E-state index contributed by atoms with van der Waals surface area (Å²) < 4.78 is 1.22. The molecule has 1 unspecified atom stereocenters. The van der Waals surface area contributed by atoms with Crippen molar-refractivity contribution < 1.29 is 0 Å². The van der Waals surface area contributed by atoms with E-state index in [0.29, 0.717) is 0 Å². The van der Waals surface area contributed by atoms with Crippen molar-refractivity contribution in [3.8, 4) is 0 Å². The second-order valence-electron chi connectivity index (χ2n) is 5.04. The van der Waals surface area contributed by atoms with E-state index >= 15 is 0 Å². The van der Waals surface area contributed by atoms with Gasteiger partial charge in [-0.3, -0.25) is 0 Å². The first-order valence-corrected chi connectivity index (χ1v) is 8.24. The number of benzene rings is 1. The second kappa shape index (κ2) is 5.14. The molecular formula is C15H17N3S2. The van der Waals surface area contributed by atoms with Crippen molar-refractivity contribution in [1.82, 2.24) is 9.97 Å². The maximum atomic E-state index is 4.67. The van der Waals surface area contributed by atoms with Crippen LogP contribution in [0.4, 0.5) is 5.13 Å². The van der Waals surface area contributed by atoms with Crippen LogP contribution in [0.3, 0.4) is 0 Å². The molecule has 104 valence electrons. The van der Waals surface area contributed by atoms with Gasteiger partial charge in [-0.15, -0.1) is 11.3 Å². The third-order valence-corrected chi connectivity index (χ3v) is 5.44. The van der Waals surface area contributed by atoms with Crippen LogP contribution < -0.4 is 5.32 Å². The lowest BCUT2D eigenvalue weighted by atomic mass is 10.2. The topological polar surface area (TPSA) is 37.8 Å². The number of hydrogen-bond donors (Lipinski definition) is 1. The van der Waals surface area contributed by atoms with Gasteiger partial charge in [-0.1, -0.05) is 17.4 Å². The van der Waals surface area contributed by atoms with Gasteiger partial charge in [0.15, 0.2) is 5.13 Å². The molecule has 0 spiro atoms. The lowest BCUT2D eigenvalue weighted by Gasteiger charge is -2.11. The van der Waals surface area contributed by atoms with Crippen molar-refractivity contribution in [2.75, 3.05) is 5.32 Å². The molecule has 1 N–H and O–H groups in total. The Morgan fingerprint density at radius 3 is 2.60 bits per heavy atom. The number of hydrogen-bond acceptors (Lipinski definition) is 5. The van der Waals surface area contributed by atoms with Crippen LogP contribution in [0, 0.1) is 20.8 Å². The summed E-state index contributed by atoms with van der Waals surface area (Å²) in [5.74, 6) is 0. The lowest BCUT2D eigenvalue weighted by molar-refractivity contribution is 0.888. The molecule has 2 aromatic heterocycles. The van der Waals surface area contributed by atoms with E-state index in [1.807, 2.05) is 6.92 Å². The lowest BCUT2D eigenvalue weighted by Crippen LogP contribution is -2.05. The third kappa shape index (κ3) is 2.55. The summed E-state index contributed by atoms with van der Waals surface area (Å²) in [5, 5.41) is 5.59. The molecule has 2 heterocycles. The average Bonchev–Trinajstić information content (AvgIpc) is 2.91. The van der Waals surface area contributed by atoms with Gasteiger partial charge >= 0.3 is 0 Å². The zero-order valence-electron chi connectivity index (χ0n) is 12.0. The molecule has 0 fully saturated rings. The first kappa shape index (κ1) is 13.5. The van der Waals surface area contributed by atoms with E-state index < -0.39 is 0 Å². The van der Waals surface area contributed by atoms with E-state index in [2.05, 4.69) is 54.3 Å². The maximum absolute atomic E-state index is 4.67. The van der Waals surface area contributed by atoms with Gasteiger partial charge in [-0.2, -0.15) is 0 Å². The standard InChI is InChI=1S/C15H17N3S2/c1-8-5-6-13-12(7-8)18-15(20-13)17-10(3)14-9(2)16-11(4)19-14/h5-7,10H,1-4H3,(H,17,18). The Labute approximate surface area is 126 Å². The van der Waals surface area contributed by atoms with Crippen LogP contribution in [0.25, 0.3) is 10.2 Å². The zero-order chi connectivity index (χ0) is 14.3. The van der Waals surface area contributed by atoms with Gasteiger partial charge in [-0.05, 0) is 45.4 Å². The molecule has 3 rings (SSSR count). The molecular weight excluding hydrogens is 286 g/mol. The van der Waals surface area contributed by atoms with Crippen molar-refractivity contribution in [3.63, 3.8) is 0 Å². The molecule has 0 aliphatic carbocycles. The summed E-state index contributed by atoms with van der Waals surface area (Å²) in [7, 11) is 0. The van der Waals surface area contributed by atoms with Crippen LogP contribution in [0.2, 0.25) is 0 Å². The van der Waals surface area contributed by atoms with Crippen molar-refractivity contribution in [3.05, 3.63) is 39.3 Å². The smallest absolute Gasteiger partial charge is 0.184 e. The fourth-order valence-electron chi connectivity index (χ4n) is 2.30. The monoisotopic (exact) mass is 303 g/mol. The van der Waals surface area contributed by atoms with Gasteiger partial charge in [0, 0.05) is 4.88 Å². The van der Waals surface area contributed by atoms with E-state index in [-0.39, 0.29) is 6.04 Å². The summed E-state index contributed by atoms with van der Waals surface area (Å²) >= 11 is 3.46. The Hall–Kier alpha value is -1.46. The number of rotatable bonds is 3. The molecule has 5 heteroatoms. The molecule has 0 saturated heterocycles. The molecule has 20 heavy (non-hydrogen) atoms. The number of nitrogens with zero attached hydrogens (tertiary/aromatic N) is 2. The maximum Gasteiger partial charge on any atom is 0.184 e. The van der Waals surface area contributed by atoms with E-state index in [1.54, 1.807) is 22.7 Å². The van der Waals surface area contributed by atoms with Gasteiger partial charge in [-0.25, -0.2) is 9.97 Å². The van der Waals surface area contributed by atoms with Crippen LogP contribution in [0.5, 0.6) is 0 Å². The summed E-state index contributed by atoms with van der Waals surface area (Å²) in [6.45, 7) is 8.38. The number of fused-ring (bicyclic) bond motifs is 1. The van der Waals surface area contributed by atoms with Crippen LogP contribution >= 0.6 is 22.7 Å². The van der Waals surface area contributed by atoms with Crippen LogP contribution in [-0.4, -0.2) is 9.97 Å². The molecule has 0 saturated carbocycles. The van der Waals surface area contributed by atoms with E-state index in [4.69, 9.17) is 0 Å². The Morgan fingerprint density at radius 2 is 1.90 bits per heavy atom. The van der Waals surface area contributed by atoms with E-state index in [0.717, 1.165) is 21.3 Å². The Kier molecular flexibility index (Phi) is 3.48. The summed E-state index contributed by atoms with van der Waals surface area (Å²) in [6.07, 6.45) is 0. The van der Waals surface area contributed by atoms with Gasteiger partial charge in [0.2, 0.25) is 0 Å². The SMILES string of the molecule is Cc1ccc2sc(NC(C)c3sc(C)nc3C)nc2c1. The fraction of sp³-hybridized carbons (Fsp3) is 0.333. The Morgan fingerprint density at radius 1 is 1.10 bits per heavy atom. The van der Waals surface area contributed by atoms with Crippen LogP contribution in [0.15, 0.2) is 18.2 Å². The minimum Gasteiger partial charge on any atom is -0.354 e.